The second-order valence-corrected chi connectivity index (χ2v) is 6.80. The minimum absolute atomic E-state index is 0.168. The van der Waals surface area contributed by atoms with Crippen molar-refractivity contribution in [3.63, 3.8) is 0 Å². The van der Waals surface area contributed by atoms with E-state index >= 15 is 0 Å². The van der Waals surface area contributed by atoms with Crippen molar-refractivity contribution in [3.05, 3.63) is 0 Å². The Kier molecular flexibility index (Phi) is 4.31. The maximum absolute atomic E-state index is 12.0. The minimum Gasteiger partial charge on any atom is -0.379 e. The number of ether oxygens (including phenoxy) is 1. The van der Waals surface area contributed by atoms with E-state index in [0.29, 0.717) is 0 Å². The smallest absolute Gasteiger partial charge is 0.225 e. The highest BCUT2D eigenvalue weighted by Crippen LogP contribution is 2.33. The minimum atomic E-state index is 0.168. The number of nitrogens with zero attached hydrogens (tertiary/aromatic N) is 1. The number of morpholine rings is 1. The van der Waals surface area contributed by atoms with Gasteiger partial charge >= 0.3 is 0 Å². The summed E-state index contributed by atoms with van der Waals surface area (Å²) in [5, 5.41) is 6.34. The molecule has 3 saturated heterocycles. The molecule has 0 bridgehead atoms. The summed E-state index contributed by atoms with van der Waals surface area (Å²) in [7, 11) is 0. The second kappa shape index (κ2) is 5.99. The van der Waals surface area contributed by atoms with Gasteiger partial charge < -0.3 is 15.4 Å². The van der Waals surface area contributed by atoms with Crippen molar-refractivity contribution in [1.29, 1.82) is 0 Å². The highest BCUT2D eigenvalue weighted by atomic mass is 32.2. The van der Waals surface area contributed by atoms with Gasteiger partial charge in [-0.25, -0.2) is 0 Å². The van der Waals surface area contributed by atoms with Crippen molar-refractivity contribution in [1.82, 2.24) is 15.5 Å². The molecule has 0 radical (unpaired) electrons. The largest absolute Gasteiger partial charge is 0.379 e. The lowest BCUT2D eigenvalue weighted by atomic mass is 9.94. The molecule has 1 amide bonds. The van der Waals surface area contributed by atoms with Crippen LogP contribution in [0.1, 0.15) is 6.42 Å². The lowest BCUT2D eigenvalue weighted by Gasteiger charge is -2.43. The van der Waals surface area contributed by atoms with Crippen molar-refractivity contribution in [2.45, 2.75) is 12.0 Å². The first-order valence-corrected chi connectivity index (χ1v) is 8.35. The van der Waals surface area contributed by atoms with Crippen LogP contribution in [0.4, 0.5) is 0 Å². The van der Waals surface area contributed by atoms with E-state index in [0.717, 1.165) is 51.7 Å². The number of rotatable bonds is 4. The van der Waals surface area contributed by atoms with Crippen LogP contribution in [0.5, 0.6) is 0 Å². The molecule has 108 valence electrons. The second-order valence-electron chi connectivity index (χ2n) is 5.70. The van der Waals surface area contributed by atoms with Crippen molar-refractivity contribution in [2.24, 2.45) is 5.92 Å². The number of amides is 1. The molecule has 3 rings (SSSR count). The van der Waals surface area contributed by atoms with Crippen LogP contribution in [-0.2, 0) is 9.53 Å². The quantitative estimate of drug-likeness (QED) is 0.731. The average molecular weight is 285 g/mol. The first-order chi connectivity index (χ1) is 9.30. The third-order valence-electron chi connectivity index (χ3n) is 4.51. The molecule has 5 nitrogen and oxygen atoms in total. The normalized spacial score (nSPS) is 33.1. The van der Waals surface area contributed by atoms with Crippen LogP contribution in [0.2, 0.25) is 0 Å². The number of hydrogen-bond acceptors (Lipinski definition) is 5. The van der Waals surface area contributed by atoms with E-state index in [1.165, 1.54) is 12.2 Å². The summed E-state index contributed by atoms with van der Waals surface area (Å²) in [6.45, 7) is 6.13. The van der Waals surface area contributed by atoms with E-state index in [1.54, 1.807) is 0 Å². The summed E-state index contributed by atoms with van der Waals surface area (Å²) in [6.07, 6.45) is 1.18. The third kappa shape index (κ3) is 2.91. The molecule has 19 heavy (non-hydrogen) atoms. The van der Waals surface area contributed by atoms with E-state index in [4.69, 9.17) is 4.74 Å². The Balaban J connectivity index is 1.58. The maximum Gasteiger partial charge on any atom is 0.225 e. The van der Waals surface area contributed by atoms with Gasteiger partial charge in [-0.05, 0) is 12.2 Å². The zero-order chi connectivity index (χ0) is 13.1. The summed E-state index contributed by atoms with van der Waals surface area (Å²) >= 11 is 2.01. The van der Waals surface area contributed by atoms with Gasteiger partial charge in [-0.3, -0.25) is 9.69 Å². The van der Waals surface area contributed by atoms with Gasteiger partial charge in [0.05, 0.1) is 19.1 Å². The summed E-state index contributed by atoms with van der Waals surface area (Å²) < 4.78 is 5.45. The fourth-order valence-electron chi connectivity index (χ4n) is 3.00. The Hall–Kier alpha value is -0.300. The third-order valence-corrected chi connectivity index (χ3v) is 5.74. The Labute approximate surface area is 118 Å². The summed E-state index contributed by atoms with van der Waals surface area (Å²) in [5.74, 6) is 2.76. The molecular weight excluding hydrogens is 262 g/mol. The summed E-state index contributed by atoms with van der Waals surface area (Å²) in [5.41, 5.74) is 0.168. The monoisotopic (exact) mass is 285 g/mol. The van der Waals surface area contributed by atoms with Crippen LogP contribution in [0.15, 0.2) is 0 Å². The van der Waals surface area contributed by atoms with Crippen LogP contribution >= 0.6 is 11.8 Å². The molecule has 3 heterocycles. The van der Waals surface area contributed by atoms with Gasteiger partial charge in [0.1, 0.15) is 0 Å². The summed E-state index contributed by atoms with van der Waals surface area (Å²) in [4.78, 5) is 14.5. The molecule has 2 N–H and O–H groups in total. The number of hydrogen-bond donors (Lipinski definition) is 2. The molecule has 0 spiro atoms. The fraction of sp³-hybridized carbons (Fsp3) is 0.923. The molecule has 0 saturated carbocycles. The fourth-order valence-corrected chi connectivity index (χ4v) is 4.48. The number of carbonyl (C=O) groups is 1. The van der Waals surface area contributed by atoms with Crippen molar-refractivity contribution in [3.8, 4) is 0 Å². The lowest BCUT2D eigenvalue weighted by molar-refractivity contribution is -0.127. The van der Waals surface area contributed by atoms with E-state index in [2.05, 4.69) is 15.5 Å². The average Bonchev–Trinajstić information content (AvgIpc) is 2.85. The highest BCUT2D eigenvalue weighted by molar-refractivity contribution is 7.99. The van der Waals surface area contributed by atoms with Crippen molar-refractivity contribution in [2.75, 3.05) is 57.4 Å². The maximum atomic E-state index is 12.0. The zero-order valence-corrected chi connectivity index (χ0v) is 12.1. The number of nitrogens with one attached hydrogen (secondary N) is 2. The highest BCUT2D eigenvalue weighted by Gasteiger charge is 2.41. The van der Waals surface area contributed by atoms with Crippen molar-refractivity contribution >= 4 is 17.7 Å². The van der Waals surface area contributed by atoms with Crippen LogP contribution in [0, 0.1) is 5.92 Å². The van der Waals surface area contributed by atoms with E-state index in [1.807, 2.05) is 11.8 Å². The molecule has 0 aromatic heterocycles. The number of carbonyl (C=O) groups excluding carboxylic acids is 1. The van der Waals surface area contributed by atoms with Crippen LogP contribution in [0.3, 0.4) is 0 Å². The van der Waals surface area contributed by atoms with Gasteiger partial charge in [-0.15, -0.1) is 0 Å². The standard InChI is InChI=1S/C13H23N3O2S/c17-12(11-7-14-8-11)15-9-13(1-6-19-10-13)16-2-4-18-5-3-16/h11,14H,1-10H2,(H,15,17). The topological polar surface area (TPSA) is 53.6 Å². The van der Waals surface area contributed by atoms with Gasteiger partial charge in [-0.2, -0.15) is 11.8 Å². The predicted octanol–water partition coefficient (Wildman–Crippen LogP) is -0.470. The van der Waals surface area contributed by atoms with Gasteiger partial charge in [0.25, 0.3) is 0 Å². The number of thioether (sulfide) groups is 1. The molecule has 3 fully saturated rings. The van der Waals surface area contributed by atoms with E-state index in [9.17, 15) is 4.79 Å². The zero-order valence-electron chi connectivity index (χ0n) is 11.3. The van der Waals surface area contributed by atoms with Crippen LogP contribution < -0.4 is 10.6 Å². The molecule has 1 atom stereocenters. The molecule has 6 heteroatoms. The van der Waals surface area contributed by atoms with Gasteiger partial charge in [0.2, 0.25) is 5.91 Å². The Morgan fingerprint density at radius 1 is 1.42 bits per heavy atom. The van der Waals surface area contributed by atoms with Gasteiger partial charge in [0, 0.05) is 44.0 Å². The first-order valence-electron chi connectivity index (χ1n) is 7.19. The SMILES string of the molecule is O=C(NCC1(N2CCOCC2)CCSC1)C1CNC1. The lowest BCUT2D eigenvalue weighted by Crippen LogP contribution is -2.60. The summed E-state index contributed by atoms with van der Waals surface area (Å²) in [6, 6.07) is 0. The van der Waals surface area contributed by atoms with Crippen LogP contribution in [0.25, 0.3) is 0 Å². The molecule has 3 aliphatic rings. The first kappa shape index (κ1) is 13.7. The van der Waals surface area contributed by atoms with E-state index in [-0.39, 0.29) is 17.4 Å². The Morgan fingerprint density at radius 2 is 2.21 bits per heavy atom. The Morgan fingerprint density at radius 3 is 2.79 bits per heavy atom. The predicted molar refractivity (Wildman–Crippen MR) is 76.4 cm³/mol. The molecule has 0 aromatic carbocycles. The molecule has 3 aliphatic heterocycles. The van der Waals surface area contributed by atoms with Crippen LogP contribution in [-0.4, -0.2) is 73.8 Å². The molecular formula is C13H23N3O2S. The van der Waals surface area contributed by atoms with Gasteiger partial charge in [-0.1, -0.05) is 0 Å². The molecule has 1 unspecified atom stereocenters. The Bertz CT molecular complexity index is 324. The van der Waals surface area contributed by atoms with E-state index < -0.39 is 0 Å². The molecule has 0 aromatic rings. The van der Waals surface area contributed by atoms with Crippen molar-refractivity contribution < 1.29 is 9.53 Å². The van der Waals surface area contributed by atoms with Gasteiger partial charge in [0.15, 0.2) is 0 Å². The molecule has 0 aliphatic carbocycles.